The van der Waals surface area contributed by atoms with Crippen LogP contribution in [0.25, 0.3) is 0 Å². The van der Waals surface area contributed by atoms with E-state index >= 15 is 0 Å². The molecule has 36 heavy (non-hydrogen) atoms. The minimum absolute atomic E-state index is 0.0834. The fourth-order valence-electron chi connectivity index (χ4n) is 3.09. The molecular formula is C26H28BrN3O4S2. The van der Waals surface area contributed by atoms with E-state index in [4.69, 9.17) is 17.0 Å². The first kappa shape index (κ1) is 27.6. The van der Waals surface area contributed by atoms with Crippen LogP contribution in [0.1, 0.15) is 35.3 Å². The van der Waals surface area contributed by atoms with Gasteiger partial charge in [0.2, 0.25) is 0 Å². The van der Waals surface area contributed by atoms with Crippen molar-refractivity contribution in [3.8, 4) is 5.75 Å². The molecule has 3 aromatic rings. The molecule has 190 valence electrons. The molecule has 1 amide bonds. The third-order valence-corrected chi connectivity index (χ3v) is 7.40. The molecule has 0 aliphatic heterocycles. The number of hydrogen-bond acceptors (Lipinski definition) is 5. The number of sulfonamides is 1. The van der Waals surface area contributed by atoms with E-state index < -0.39 is 10.0 Å². The summed E-state index contributed by atoms with van der Waals surface area (Å²) in [5, 5.41) is 5.59. The molecule has 0 saturated heterocycles. The highest BCUT2D eigenvalue weighted by molar-refractivity contribution is 9.10. The molecule has 0 bridgehead atoms. The van der Waals surface area contributed by atoms with E-state index in [1.807, 2.05) is 19.9 Å². The molecule has 3 N–H and O–H groups in total. The lowest BCUT2D eigenvalue weighted by atomic mass is 10.1. The van der Waals surface area contributed by atoms with E-state index in [2.05, 4.69) is 45.1 Å². The number of rotatable bonds is 8. The highest BCUT2D eigenvalue weighted by Crippen LogP contribution is 2.26. The highest BCUT2D eigenvalue weighted by atomic mass is 79.9. The zero-order valence-corrected chi connectivity index (χ0v) is 23.6. The molecule has 7 nitrogen and oxygen atoms in total. The third-order valence-electron chi connectivity index (χ3n) is 5.17. The van der Waals surface area contributed by atoms with Gasteiger partial charge in [0.05, 0.1) is 16.0 Å². The molecule has 0 saturated carbocycles. The van der Waals surface area contributed by atoms with Crippen LogP contribution in [0.15, 0.2) is 70.0 Å². The Labute approximate surface area is 225 Å². The zero-order chi connectivity index (χ0) is 26.5. The average Bonchev–Trinajstić information content (AvgIpc) is 2.80. The minimum Gasteiger partial charge on any atom is -0.492 e. The largest absolute Gasteiger partial charge is 0.492 e. The number of halogens is 1. The Morgan fingerprint density at radius 2 is 1.64 bits per heavy atom. The van der Waals surface area contributed by atoms with Gasteiger partial charge < -0.3 is 10.1 Å². The first-order valence-corrected chi connectivity index (χ1v) is 13.9. The Morgan fingerprint density at radius 1 is 0.972 bits per heavy atom. The number of carbonyl (C=O) groups is 1. The van der Waals surface area contributed by atoms with Gasteiger partial charge in [0.1, 0.15) is 5.75 Å². The number of benzene rings is 3. The summed E-state index contributed by atoms with van der Waals surface area (Å²) < 4.78 is 34.4. The Balaban J connectivity index is 1.60. The molecule has 3 rings (SSSR count). The summed E-state index contributed by atoms with van der Waals surface area (Å²) in [5.74, 6) is 0.648. The number of anilines is 2. The number of carbonyl (C=O) groups excluding carboxylic acids is 1. The van der Waals surface area contributed by atoms with Crippen LogP contribution in [0.3, 0.4) is 0 Å². The molecule has 0 aliphatic rings. The molecule has 0 fully saturated rings. The fraction of sp³-hybridized carbons (Fsp3) is 0.231. The maximum atomic E-state index is 12.7. The number of nitrogens with one attached hydrogen (secondary N) is 3. The zero-order valence-electron chi connectivity index (χ0n) is 20.4. The van der Waals surface area contributed by atoms with Gasteiger partial charge in [-0.05, 0) is 114 Å². The molecule has 0 aliphatic carbocycles. The predicted molar refractivity (Wildman–Crippen MR) is 151 cm³/mol. The van der Waals surface area contributed by atoms with Crippen molar-refractivity contribution in [2.24, 2.45) is 5.92 Å². The van der Waals surface area contributed by atoms with Crippen molar-refractivity contribution in [2.45, 2.75) is 32.6 Å². The van der Waals surface area contributed by atoms with Gasteiger partial charge in [0, 0.05) is 16.9 Å². The number of aryl methyl sites for hydroxylation is 2. The second-order valence-corrected chi connectivity index (χ2v) is 11.6. The van der Waals surface area contributed by atoms with Crippen molar-refractivity contribution in [1.29, 1.82) is 0 Å². The second kappa shape index (κ2) is 11.9. The van der Waals surface area contributed by atoms with Crippen LogP contribution in [-0.2, 0) is 10.0 Å². The molecule has 0 spiro atoms. The Bertz CT molecular complexity index is 1370. The molecule has 0 radical (unpaired) electrons. The van der Waals surface area contributed by atoms with Gasteiger partial charge in [-0.2, -0.15) is 0 Å². The number of amides is 1. The van der Waals surface area contributed by atoms with Crippen LogP contribution in [0, 0.1) is 19.8 Å². The number of hydrogen-bond donors (Lipinski definition) is 3. The predicted octanol–water partition coefficient (Wildman–Crippen LogP) is 6.03. The third kappa shape index (κ3) is 7.52. The number of thiocarbonyl (C=S) groups is 1. The lowest BCUT2D eigenvalue weighted by molar-refractivity contribution is 0.0977. The van der Waals surface area contributed by atoms with E-state index in [0.717, 1.165) is 11.1 Å². The summed E-state index contributed by atoms with van der Waals surface area (Å²) in [4.78, 5) is 12.7. The first-order chi connectivity index (χ1) is 16.9. The van der Waals surface area contributed by atoms with E-state index in [1.165, 1.54) is 12.1 Å². The maximum Gasteiger partial charge on any atom is 0.261 e. The molecule has 0 heterocycles. The Morgan fingerprint density at radius 3 is 2.25 bits per heavy atom. The van der Waals surface area contributed by atoms with Gasteiger partial charge >= 0.3 is 0 Å². The molecule has 0 atom stereocenters. The van der Waals surface area contributed by atoms with Crippen LogP contribution in [-0.4, -0.2) is 26.0 Å². The van der Waals surface area contributed by atoms with Crippen molar-refractivity contribution < 1.29 is 17.9 Å². The van der Waals surface area contributed by atoms with E-state index in [-0.39, 0.29) is 15.9 Å². The monoisotopic (exact) mass is 589 g/mol. The van der Waals surface area contributed by atoms with Crippen LogP contribution in [0.2, 0.25) is 0 Å². The Hall–Kier alpha value is -2.95. The summed E-state index contributed by atoms with van der Waals surface area (Å²) in [6.07, 6.45) is 0. The normalized spacial score (nSPS) is 11.2. The highest BCUT2D eigenvalue weighted by Gasteiger charge is 2.15. The lowest BCUT2D eigenvalue weighted by Gasteiger charge is -2.13. The van der Waals surface area contributed by atoms with Gasteiger partial charge in [-0.15, -0.1) is 0 Å². The van der Waals surface area contributed by atoms with Crippen LogP contribution in [0.4, 0.5) is 11.4 Å². The van der Waals surface area contributed by atoms with Crippen molar-refractivity contribution in [3.63, 3.8) is 0 Å². The van der Waals surface area contributed by atoms with Crippen molar-refractivity contribution in [1.82, 2.24) is 5.32 Å². The fourth-order valence-corrected chi connectivity index (χ4v) is 4.84. The van der Waals surface area contributed by atoms with Crippen LogP contribution in [0.5, 0.6) is 5.75 Å². The second-order valence-electron chi connectivity index (χ2n) is 8.69. The van der Waals surface area contributed by atoms with Crippen molar-refractivity contribution in [2.75, 3.05) is 16.6 Å². The lowest BCUT2D eigenvalue weighted by Crippen LogP contribution is -2.34. The maximum absolute atomic E-state index is 12.7. The smallest absolute Gasteiger partial charge is 0.261 e. The van der Waals surface area contributed by atoms with Gasteiger partial charge in [-0.1, -0.05) is 19.9 Å². The van der Waals surface area contributed by atoms with E-state index in [1.54, 1.807) is 42.5 Å². The van der Waals surface area contributed by atoms with Crippen LogP contribution < -0.4 is 20.1 Å². The van der Waals surface area contributed by atoms with E-state index in [9.17, 15) is 13.2 Å². The first-order valence-electron chi connectivity index (χ1n) is 11.2. The Kier molecular flexibility index (Phi) is 9.10. The molecule has 10 heteroatoms. The quantitative estimate of drug-likeness (QED) is 0.278. The summed E-state index contributed by atoms with van der Waals surface area (Å²) in [6, 6.07) is 16.5. The van der Waals surface area contributed by atoms with E-state index in [0.29, 0.717) is 39.7 Å². The van der Waals surface area contributed by atoms with Crippen molar-refractivity contribution in [3.05, 3.63) is 81.8 Å². The van der Waals surface area contributed by atoms with Gasteiger partial charge in [-0.25, -0.2) is 8.42 Å². The standard InChI is InChI=1S/C26H28BrN3O4S2/c1-16(2)15-34-24-12-6-19(14-23(24)27)25(31)29-26(35)28-20-8-10-22(11-9-20)36(32,33)30-21-7-5-17(3)18(4)13-21/h5-14,16,30H,15H2,1-4H3,(H2,28,29,31,35). The molecular weight excluding hydrogens is 562 g/mol. The topological polar surface area (TPSA) is 96.5 Å². The van der Waals surface area contributed by atoms with Gasteiger partial charge in [0.25, 0.3) is 15.9 Å². The summed E-state index contributed by atoms with van der Waals surface area (Å²) in [7, 11) is -3.76. The minimum atomic E-state index is -3.76. The van der Waals surface area contributed by atoms with Gasteiger partial charge in [0.15, 0.2) is 5.11 Å². The molecule has 0 unspecified atom stereocenters. The van der Waals surface area contributed by atoms with Gasteiger partial charge in [-0.3, -0.25) is 14.8 Å². The molecule has 3 aromatic carbocycles. The summed E-state index contributed by atoms with van der Waals surface area (Å²) in [6.45, 7) is 8.56. The van der Waals surface area contributed by atoms with Crippen molar-refractivity contribution >= 4 is 60.6 Å². The SMILES string of the molecule is Cc1ccc(NS(=O)(=O)c2ccc(NC(=S)NC(=O)c3ccc(OCC(C)C)c(Br)c3)cc2)cc1C. The summed E-state index contributed by atoms with van der Waals surface area (Å²) in [5.41, 5.74) is 3.51. The van der Waals surface area contributed by atoms with Crippen LogP contribution >= 0.6 is 28.1 Å². The number of ether oxygens (including phenoxy) is 1. The average molecular weight is 591 g/mol. The molecule has 0 aromatic heterocycles. The summed E-state index contributed by atoms with van der Waals surface area (Å²) >= 11 is 8.67.